The molecule has 0 radical (unpaired) electrons. The van der Waals surface area contributed by atoms with Crippen LogP contribution < -0.4 is 10.3 Å². The van der Waals surface area contributed by atoms with E-state index < -0.39 is 0 Å². The van der Waals surface area contributed by atoms with Gasteiger partial charge in [-0.15, -0.1) is 10.2 Å². The van der Waals surface area contributed by atoms with Gasteiger partial charge in [0.25, 0.3) is 5.91 Å². The predicted octanol–water partition coefficient (Wildman–Crippen LogP) is 0.774. The zero-order valence-corrected chi connectivity index (χ0v) is 13.2. The molecular formula is C14H14N6O2S. The van der Waals surface area contributed by atoms with Gasteiger partial charge in [0.15, 0.2) is 5.16 Å². The maximum absolute atomic E-state index is 12.0. The summed E-state index contributed by atoms with van der Waals surface area (Å²) in [6, 6.07) is 9.09. The summed E-state index contributed by atoms with van der Waals surface area (Å²) in [5, 5.41) is 16.4. The Kier molecular flexibility index (Phi) is 4.38. The van der Waals surface area contributed by atoms with E-state index in [2.05, 4.69) is 20.6 Å². The van der Waals surface area contributed by atoms with E-state index in [4.69, 9.17) is 0 Å². The molecule has 0 fully saturated rings. The molecule has 3 rings (SSSR count). The average Bonchev–Trinajstić information content (AvgIpc) is 3.12. The van der Waals surface area contributed by atoms with Gasteiger partial charge < -0.3 is 9.88 Å². The molecule has 1 aromatic carbocycles. The van der Waals surface area contributed by atoms with Gasteiger partial charge in [-0.25, -0.2) is 0 Å². The number of hydrogen-bond donors (Lipinski definition) is 1. The molecule has 0 unspecified atom stereocenters. The Labute approximate surface area is 136 Å². The van der Waals surface area contributed by atoms with Crippen molar-refractivity contribution in [1.29, 1.82) is 0 Å². The Morgan fingerprint density at radius 2 is 2.13 bits per heavy atom. The van der Waals surface area contributed by atoms with Crippen molar-refractivity contribution in [3.8, 4) is 0 Å². The number of amidine groups is 1. The average molecular weight is 330 g/mol. The standard InChI is InChI=1S/C14H14N6O2S/c1-19-9-15-17-14(19)23-8-12(21)16-11-7-13(22)20(18-11)10-5-3-2-4-6-10/h2-6,9H,7-8H2,1H3,(H,16,18,21). The molecule has 0 saturated heterocycles. The third-order valence-electron chi connectivity index (χ3n) is 3.06. The molecule has 1 aromatic heterocycles. The summed E-state index contributed by atoms with van der Waals surface area (Å²) in [7, 11) is 1.80. The Morgan fingerprint density at radius 1 is 1.35 bits per heavy atom. The van der Waals surface area contributed by atoms with Crippen LogP contribution >= 0.6 is 11.8 Å². The van der Waals surface area contributed by atoms with Gasteiger partial charge in [-0.1, -0.05) is 30.0 Å². The number of benzene rings is 1. The maximum Gasteiger partial charge on any atom is 0.255 e. The number of thioether (sulfide) groups is 1. The van der Waals surface area contributed by atoms with Crippen LogP contribution in [0.1, 0.15) is 6.42 Å². The number of para-hydroxylation sites is 1. The highest BCUT2D eigenvalue weighted by Crippen LogP contribution is 2.19. The normalized spacial score (nSPS) is 14.0. The summed E-state index contributed by atoms with van der Waals surface area (Å²) in [6.45, 7) is 0. The van der Waals surface area contributed by atoms with Crippen LogP contribution in [-0.2, 0) is 16.6 Å². The quantitative estimate of drug-likeness (QED) is 0.836. The van der Waals surface area contributed by atoms with Crippen LogP contribution in [-0.4, -0.2) is 38.2 Å². The summed E-state index contributed by atoms with van der Waals surface area (Å²) in [4.78, 5) is 23.9. The van der Waals surface area contributed by atoms with E-state index in [9.17, 15) is 9.59 Å². The van der Waals surface area contributed by atoms with Gasteiger partial charge in [-0.2, -0.15) is 10.1 Å². The van der Waals surface area contributed by atoms with E-state index in [1.54, 1.807) is 30.1 Å². The van der Waals surface area contributed by atoms with Gasteiger partial charge in [0.1, 0.15) is 12.2 Å². The molecule has 1 aliphatic heterocycles. The fourth-order valence-electron chi connectivity index (χ4n) is 2.00. The van der Waals surface area contributed by atoms with Crippen LogP contribution in [0.2, 0.25) is 0 Å². The van der Waals surface area contributed by atoms with E-state index >= 15 is 0 Å². The number of amides is 2. The Bertz CT molecular complexity index is 758. The molecule has 2 amide bonds. The lowest BCUT2D eigenvalue weighted by molar-refractivity contribution is -0.117. The summed E-state index contributed by atoms with van der Waals surface area (Å²) in [5.41, 5.74) is 0.676. The van der Waals surface area contributed by atoms with Gasteiger partial charge in [0, 0.05) is 7.05 Å². The topological polar surface area (TPSA) is 92.5 Å². The molecule has 9 heteroatoms. The maximum atomic E-state index is 12.0. The van der Waals surface area contributed by atoms with Crippen molar-refractivity contribution >= 4 is 35.1 Å². The second-order valence-corrected chi connectivity index (χ2v) is 5.77. The van der Waals surface area contributed by atoms with E-state index in [-0.39, 0.29) is 24.0 Å². The fourth-order valence-corrected chi connectivity index (χ4v) is 2.69. The fraction of sp³-hybridized carbons (Fsp3) is 0.214. The van der Waals surface area contributed by atoms with E-state index in [0.29, 0.717) is 16.7 Å². The first kappa shape index (κ1) is 15.2. The first-order valence-electron chi connectivity index (χ1n) is 6.85. The second-order valence-electron chi connectivity index (χ2n) is 4.83. The monoisotopic (exact) mass is 330 g/mol. The van der Waals surface area contributed by atoms with Crippen LogP contribution in [0, 0.1) is 0 Å². The highest BCUT2D eigenvalue weighted by Gasteiger charge is 2.26. The van der Waals surface area contributed by atoms with Crippen molar-refractivity contribution in [1.82, 2.24) is 20.1 Å². The molecule has 2 heterocycles. The lowest BCUT2D eigenvalue weighted by Crippen LogP contribution is -2.31. The molecule has 0 atom stereocenters. The number of nitrogens with one attached hydrogen (secondary N) is 1. The van der Waals surface area contributed by atoms with Gasteiger partial charge in [0.2, 0.25) is 5.91 Å². The van der Waals surface area contributed by atoms with E-state index in [1.807, 2.05) is 18.2 Å². The lowest BCUT2D eigenvalue weighted by atomic mass is 10.3. The van der Waals surface area contributed by atoms with Crippen LogP contribution in [0.15, 0.2) is 46.9 Å². The highest BCUT2D eigenvalue weighted by molar-refractivity contribution is 7.99. The zero-order chi connectivity index (χ0) is 16.2. The number of carbonyl (C=O) groups is 2. The smallest absolute Gasteiger partial charge is 0.255 e. The molecule has 0 saturated carbocycles. The minimum absolute atomic E-state index is 0.0786. The van der Waals surface area contributed by atoms with Crippen LogP contribution in [0.25, 0.3) is 0 Å². The van der Waals surface area contributed by atoms with Gasteiger partial charge >= 0.3 is 0 Å². The molecular weight excluding hydrogens is 316 g/mol. The van der Waals surface area contributed by atoms with E-state index in [1.165, 1.54) is 16.8 Å². The minimum atomic E-state index is -0.237. The Morgan fingerprint density at radius 3 is 2.83 bits per heavy atom. The zero-order valence-electron chi connectivity index (χ0n) is 12.3. The SMILES string of the molecule is Cn1cnnc1SCC(=O)NC1=NN(c2ccccc2)C(=O)C1. The largest absolute Gasteiger partial charge is 0.312 e. The molecule has 23 heavy (non-hydrogen) atoms. The van der Waals surface area contributed by atoms with Crippen molar-refractivity contribution < 1.29 is 9.59 Å². The number of nitrogens with zero attached hydrogens (tertiary/aromatic N) is 5. The van der Waals surface area contributed by atoms with Gasteiger partial charge in [-0.05, 0) is 12.1 Å². The Hall–Kier alpha value is -2.68. The van der Waals surface area contributed by atoms with Crippen molar-refractivity contribution in [3.05, 3.63) is 36.7 Å². The number of hydrazone groups is 1. The second kappa shape index (κ2) is 6.61. The molecule has 1 aliphatic rings. The third kappa shape index (κ3) is 3.57. The predicted molar refractivity (Wildman–Crippen MR) is 85.8 cm³/mol. The molecule has 8 nitrogen and oxygen atoms in total. The van der Waals surface area contributed by atoms with Crippen molar-refractivity contribution in [2.75, 3.05) is 10.8 Å². The summed E-state index contributed by atoms with van der Waals surface area (Å²) < 4.78 is 1.73. The summed E-state index contributed by atoms with van der Waals surface area (Å²) in [6.07, 6.45) is 1.65. The summed E-state index contributed by atoms with van der Waals surface area (Å²) >= 11 is 1.27. The molecule has 1 N–H and O–H groups in total. The molecule has 0 spiro atoms. The number of anilines is 1. The number of rotatable bonds is 4. The number of aromatic nitrogens is 3. The first-order valence-corrected chi connectivity index (χ1v) is 7.84. The molecule has 0 bridgehead atoms. The molecule has 2 aromatic rings. The molecule has 0 aliphatic carbocycles. The van der Waals surface area contributed by atoms with Crippen molar-refractivity contribution in [3.63, 3.8) is 0 Å². The Balaban J connectivity index is 1.59. The molecule has 118 valence electrons. The van der Waals surface area contributed by atoms with Gasteiger partial charge in [0.05, 0.1) is 17.9 Å². The van der Waals surface area contributed by atoms with Crippen molar-refractivity contribution in [2.24, 2.45) is 12.1 Å². The number of aryl methyl sites for hydroxylation is 1. The minimum Gasteiger partial charge on any atom is -0.312 e. The van der Waals surface area contributed by atoms with Gasteiger partial charge in [-0.3, -0.25) is 9.59 Å². The lowest BCUT2D eigenvalue weighted by Gasteiger charge is -2.10. The third-order valence-corrected chi connectivity index (χ3v) is 4.10. The van der Waals surface area contributed by atoms with Crippen LogP contribution in [0.3, 0.4) is 0 Å². The summed E-state index contributed by atoms with van der Waals surface area (Å²) in [5.74, 6) is 0.111. The number of carbonyl (C=O) groups excluding carboxylic acids is 2. The van der Waals surface area contributed by atoms with Crippen molar-refractivity contribution in [2.45, 2.75) is 11.6 Å². The van der Waals surface area contributed by atoms with Crippen LogP contribution in [0.5, 0.6) is 0 Å². The first-order chi connectivity index (χ1) is 11.1. The highest BCUT2D eigenvalue weighted by atomic mass is 32.2. The van der Waals surface area contributed by atoms with E-state index in [0.717, 1.165) is 0 Å². The number of hydrogen-bond acceptors (Lipinski definition) is 6. The van der Waals surface area contributed by atoms with Crippen LogP contribution in [0.4, 0.5) is 5.69 Å².